The number of nitrogens with one attached hydrogen (secondary N) is 1. The zero-order valence-electron chi connectivity index (χ0n) is 7.08. The molecule has 3 nitrogen and oxygen atoms in total. The first-order chi connectivity index (χ1) is 5.70. The summed E-state index contributed by atoms with van der Waals surface area (Å²) in [5.41, 5.74) is 1.01. The van der Waals surface area contributed by atoms with E-state index in [1.165, 1.54) is 0 Å². The second-order valence-electron chi connectivity index (χ2n) is 2.86. The van der Waals surface area contributed by atoms with Gasteiger partial charge in [-0.3, -0.25) is 4.79 Å². The van der Waals surface area contributed by atoms with Gasteiger partial charge in [-0.1, -0.05) is 12.2 Å². The van der Waals surface area contributed by atoms with E-state index in [0.29, 0.717) is 0 Å². The molecule has 3 heteroatoms. The Morgan fingerprint density at radius 1 is 1.75 bits per heavy atom. The van der Waals surface area contributed by atoms with Crippen LogP contribution in [0.4, 0.5) is 0 Å². The highest BCUT2D eigenvalue weighted by molar-refractivity contribution is 5.73. The molecule has 1 aliphatic rings. The van der Waals surface area contributed by atoms with Gasteiger partial charge in [0.25, 0.3) is 0 Å². The van der Waals surface area contributed by atoms with Gasteiger partial charge in [0, 0.05) is 5.70 Å². The molecule has 0 aliphatic heterocycles. The van der Waals surface area contributed by atoms with Crippen molar-refractivity contribution in [3.8, 4) is 0 Å². The van der Waals surface area contributed by atoms with E-state index < -0.39 is 12.0 Å². The predicted molar refractivity (Wildman–Crippen MR) is 46.7 cm³/mol. The molecular weight excluding hydrogens is 154 g/mol. The molecule has 0 aromatic carbocycles. The zero-order chi connectivity index (χ0) is 8.97. The van der Waals surface area contributed by atoms with Crippen LogP contribution in [0.2, 0.25) is 0 Å². The molecule has 0 aromatic rings. The quantitative estimate of drug-likeness (QED) is 0.665. The average molecular weight is 167 g/mol. The van der Waals surface area contributed by atoms with Crippen LogP contribution < -0.4 is 5.32 Å². The van der Waals surface area contributed by atoms with Gasteiger partial charge in [-0.2, -0.15) is 0 Å². The Hall–Kier alpha value is -1.25. The second kappa shape index (κ2) is 3.95. The molecule has 66 valence electrons. The molecule has 0 aromatic heterocycles. The van der Waals surface area contributed by atoms with E-state index in [1.807, 2.05) is 12.2 Å². The molecule has 0 amide bonds. The van der Waals surface area contributed by atoms with Crippen molar-refractivity contribution in [3.05, 3.63) is 23.9 Å². The molecule has 1 unspecified atom stereocenters. The van der Waals surface area contributed by atoms with Crippen LogP contribution in [-0.4, -0.2) is 17.1 Å². The molecule has 1 atom stereocenters. The summed E-state index contributed by atoms with van der Waals surface area (Å²) in [5.74, 6) is -0.814. The molecule has 12 heavy (non-hydrogen) atoms. The van der Waals surface area contributed by atoms with Crippen molar-refractivity contribution >= 4 is 5.97 Å². The Balaban J connectivity index is 2.45. The van der Waals surface area contributed by atoms with Crippen LogP contribution in [0.5, 0.6) is 0 Å². The van der Waals surface area contributed by atoms with Crippen molar-refractivity contribution in [1.29, 1.82) is 0 Å². The number of carbonyl (C=O) groups is 1. The minimum Gasteiger partial charge on any atom is -0.480 e. The highest BCUT2D eigenvalue weighted by Crippen LogP contribution is 2.09. The standard InChI is InChI=1S/C9H13NO2/c1-7(9(11)12)10-8-5-3-2-4-6-8/h2-3,5,7,10H,4,6H2,1H3,(H,11,12). The molecule has 2 N–H and O–H groups in total. The number of allylic oxidation sites excluding steroid dienone is 4. The van der Waals surface area contributed by atoms with Gasteiger partial charge < -0.3 is 10.4 Å². The third-order valence-corrected chi connectivity index (χ3v) is 1.79. The summed E-state index contributed by atoms with van der Waals surface area (Å²) in [6.45, 7) is 1.64. The highest BCUT2D eigenvalue weighted by atomic mass is 16.4. The molecule has 0 saturated carbocycles. The molecule has 0 spiro atoms. The van der Waals surface area contributed by atoms with E-state index in [2.05, 4.69) is 11.4 Å². The summed E-state index contributed by atoms with van der Waals surface area (Å²) in [5, 5.41) is 11.5. The first-order valence-electron chi connectivity index (χ1n) is 4.05. The molecule has 0 radical (unpaired) electrons. The van der Waals surface area contributed by atoms with Crippen LogP contribution in [0.15, 0.2) is 23.9 Å². The summed E-state index contributed by atoms with van der Waals surface area (Å²) < 4.78 is 0. The lowest BCUT2D eigenvalue weighted by atomic mass is 10.1. The number of aliphatic carboxylic acids is 1. The van der Waals surface area contributed by atoms with Gasteiger partial charge in [0.05, 0.1) is 0 Å². The lowest BCUT2D eigenvalue weighted by Gasteiger charge is -2.15. The van der Waals surface area contributed by atoms with Gasteiger partial charge in [0.15, 0.2) is 0 Å². The molecule has 0 heterocycles. The van der Waals surface area contributed by atoms with E-state index >= 15 is 0 Å². The van der Waals surface area contributed by atoms with Gasteiger partial charge in [0.1, 0.15) is 6.04 Å². The van der Waals surface area contributed by atoms with Gasteiger partial charge in [-0.15, -0.1) is 0 Å². The fraction of sp³-hybridized carbons (Fsp3) is 0.444. The van der Waals surface area contributed by atoms with E-state index in [0.717, 1.165) is 18.5 Å². The fourth-order valence-corrected chi connectivity index (χ4v) is 1.06. The summed E-state index contributed by atoms with van der Waals surface area (Å²) in [6.07, 6.45) is 7.83. The summed E-state index contributed by atoms with van der Waals surface area (Å²) >= 11 is 0. The third kappa shape index (κ3) is 2.42. The Labute approximate surface area is 71.8 Å². The first-order valence-corrected chi connectivity index (χ1v) is 4.05. The van der Waals surface area contributed by atoms with Crippen molar-refractivity contribution < 1.29 is 9.90 Å². The first kappa shape index (κ1) is 8.84. The topological polar surface area (TPSA) is 49.3 Å². The summed E-state index contributed by atoms with van der Waals surface area (Å²) in [7, 11) is 0. The van der Waals surface area contributed by atoms with E-state index in [9.17, 15) is 4.79 Å². The molecule has 1 aliphatic carbocycles. The van der Waals surface area contributed by atoms with Crippen molar-refractivity contribution in [2.45, 2.75) is 25.8 Å². The lowest BCUT2D eigenvalue weighted by molar-refractivity contribution is -0.138. The normalized spacial score (nSPS) is 18.2. The Kier molecular flexibility index (Phi) is 2.91. The van der Waals surface area contributed by atoms with Crippen LogP contribution in [0.1, 0.15) is 19.8 Å². The number of carboxylic acid groups (broad SMARTS) is 1. The monoisotopic (exact) mass is 167 g/mol. The van der Waals surface area contributed by atoms with E-state index in [-0.39, 0.29) is 0 Å². The van der Waals surface area contributed by atoms with Crippen molar-refractivity contribution in [3.63, 3.8) is 0 Å². The van der Waals surface area contributed by atoms with Crippen LogP contribution >= 0.6 is 0 Å². The molecular formula is C9H13NO2. The van der Waals surface area contributed by atoms with Crippen LogP contribution in [-0.2, 0) is 4.79 Å². The maximum absolute atomic E-state index is 10.5. The van der Waals surface area contributed by atoms with Crippen LogP contribution in [0, 0.1) is 0 Å². The SMILES string of the molecule is CC(NC1=CC=CCC1)C(=O)O. The van der Waals surface area contributed by atoms with Crippen LogP contribution in [0.25, 0.3) is 0 Å². The maximum atomic E-state index is 10.5. The van der Waals surface area contributed by atoms with E-state index in [4.69, 9.17) is 5.11 Å². The molecule has 0 fully saturated rings. The highest BCUT2D eigenvalue weighted by Gasteiger charge is 2.11. The molecule has 0 saturated heterocycles. The van der Waals surface area contributed by atoms with Crippen LogP contribution in [0.3, 0.4) is 0 Å². The summed E-state index contributed by atoms with van der Waals surface area (Å²) in [6, 6.07) is -0.497. The lowest BCUT2D eigenvalue weighted by Crippen LogP contribution is -2.33. The number of hydrogen-bond acceptors (Lipinski definition) is 2. The van der Waals surface area contributed by atoms with Crippen molar-refractivity contribution in [2.75, 3.05) is 0 Å². The number of carboxylic acids is 1. The Morgan fingerprint density at radius 3 is 3.00 bits per heavy atom. The smallest absolute Gasteiger partial charge is 0.325 e. The summed E-state index contributed by atoms with van der Waals surface area (Å²) in [4.78, 5) is 10.5. The predicted octanol–water partition coefficient (Wildman–Crippen LogP) is 1.28. The Bertz CT molecular complexity index is 231. The Morgan fingerprint density at radius 2 is 2.50 bits per heavy atom. The second-order valence-corrected chi connectivity index (χ2v) is 2.86. The van der Waals surface area contributed by atoms with Crippen molar-refractivity contribution in [2.24, 2.45) is 0 Å². The average Bonchev–Trinajstić information content (AvgIpc) is 2.06. The fourth-order valence-electron chi connectivity index (χ4n) is 1.06. The van der Waals surface area contributed by atoms with Gasteiger partial charge in [-0.05, 0) is 25.8 Å². The van der Waals surface area contributed by atoms with Gasteiger partial charge in [-0.25, -0.2) is 0 Å². The maximum Gasteiger partial charge on any atom is 0.325 e. The zero-order valence-corrected chi connectivity index (χ0v) is 7.08. The minimum atomic E-state index is -0.814. The molecule has 1 rings (SSSR count). The third-order valence-electron chi connectivity index (χ3n) is 1.79. The number of hydrogen-bond donors (Lipinski definition) is 2. The largest absolute Gasteiger partial charge is 0.480 e. The molecule has 0 bridgehead atoms. The van der Waals surface area contributed by atoms with E-state index in [1.54, 1.807) is 6.92 Å². The van der Waals surface area contributed by atoms with Gasteiger partial charge >= 0.3 is 5.97 Å². The van der Waals surface area contributed by atoms with Gasteiger partial charge in [0.2, 0.25) is 0 Å². The number of rotatable bonds is 3. The minimum absolute atomic E-state index is 0.497. The van der Waals surface area contributed by atoms with Crippen molar-refractivity contribution in [1.82, 2.24) is 5.32 Å².